The molecule has 0 aliphatic heterocycles. The number of hydrogen-bond acceptors (Lipinski definition) is 2. The van der Waals surface area contributed by atoms with E-state index in [9.17, 15) is 4.79 Å². The average Bonchev–Trinajstić information content (AvgIpc) is 2.26. The molecular formula is C11H9ClN2O. The molecule has 0 N–H and O–H groups in total. The highest BCUT2D eigenvalue weighted by Gasteiger charge is 2.04. The molecule has 1 aromatic heterocycles. The Kier molecular flexibility index (Phi) is 2.56. The van der Waals surface area contributed by atoms with Gasteiger partial charge in [-0.1, -0.05) is 30.3 Å². The summed E-state index contributed by atoms with van der Waals surface area (Å²) in [4.78, 5) is 15.6. The van der Waals surface area contributed by atoms with Gasteiger partial charge in [0.1, 0.15) is 0 Å². The fraction of sp³-hybridized carbons (Fsp3) is 0.0909. The van der Waals surface area contributed by atoms with Gasteiger partial charge in [-0.2, -0.15) is 0 Å². The molecule has 0 bridgehead atoms. The van der Waals surface area contributed by atoms with Gasteiger partial charge in [-0.15, -0.1) is 0 Å². The molecule has 0 atom stereocenters. The van der Waals surface area contributed by atoms with E-state index in [2.05, 4.69) is 4.98 Å². The van der Waals surface area contributed by atoms with E-state index in [1.165, 1.54) is 10.6 Å². The first-order valence-electron chi connectivity index (χ1n) is 4.47. The van der Waals surface area contributed by atoms with Crippen LogP contribution >= 0.6 is 11.6 Å². The Bertz CT molecular complexity index is 534. The monoisotopic (exact) mass is 220 g/mol. The molecule has 0 aliphatic rings. The summed E-state index contributed by atoms with van der Waals surface area (Å²) in [6.45, 7) is 0. The van der Waals surface area contributed by atoms with Crippen molar-refractivity contribution in [2.45, 2.75) is 0 Å². The van der Waals surface area contributed by atoms with E-state index < -0.39 is 0 Å². The van der Waals surface area contributed by atoms with Crippen molar-refractivity contribution in [3.63, 3.8) is 0 Å². The lowest BCUT2D eigenvalue weighted by atomic mass is 10.1. The van der Waals surface area contributed by atoms with E-state index in [-0.39, 0.29) is 10.8 Å². The Balaban J connectivity index is 2.61. The van der Waals surface area contributed by atoms with Crippen LogP contribution in [0.2, 0.25) is 5.28 Å². The Labute approximate surface area is 92.0 Å². The van der Waals surface area contributed by atoms with E-state index in [0.29, 0.717) is 5.69 Å². The van der Waals surface area contributed by atoms with E-state index in [0.717, 1.165) is 5.56 Å². The van der Waals surface area contributed by atoms with Gasteiger partial charge in [-0.05, 0) is 11.6 Å². The van der Waals surface area contributed by atoms with E-state index in [1.54, 1.807) is 7.05 Å². The molecular weight excluding hydrogens is 212 g/mol. The molecule has 2 rings (SSSR count). The zero-order valence-electron chi connectivity index (χ0n) is 8.14. The summed E-state index contributed by atoms with van der Waals surface area (Å²) in [5.74, 6) is 0. The molecule has 2 aromatic rings. The van der Waals surface area contributed by atoms with Gasteiger partial charge in [0, 0.05) is 18.7 Å². The number of hydrogen-bond donors (Lipinski definition) is 0. The second kappa shape index (κ2) is 3.87. The first kappa shape index (κ1) is 9.93. The van der Waals surface area contributed by atoms with Crippen LogP contribution < -0.4 is 5.56 Å². The lowest BCUT2D eigenvalue weighted by molar-refractivity contribution is 0.828. The highest BCUT2D eigenvalue weighted by Crippen LogP contribution is 2.15. The molecule has 0 radical (unpaired) electrons. The van der Waals surface area contributed by atoms with Crippen LogP contribution in [0.15, 0.2) is 41.2 Å². The molecule has 76 valence electrons. The summed E-state index contributed by atoms with van der Waals surface area (Å²) < 4.78 is 1.30. The minimum atomic E-state index is -0.158. The van der Waals surface area contributed by atoms with Gasteiger partial charge in [-0.3, -0.25) is 9.36 Å². The van der Waals surface area contributed by atoms with E-state index in [4.69, 9.17) is 11.6 Å². The van der Waals surface area contributed by atoms with Crippen molar-refractivity contribution in [3.05, 3.63) is 52.0 Å². The van der Waals surface area contributed by atoms with Crippen molar-refractivity contribution >= 4 is 11.6 Å². The van der Waals surface area contributed by atoms with Crippen LogP contribution in [-0.4, -0.2) is 9.55 Å². The zero-order valence-corrected chi connectivity index (χ0v) is 8.90. The maximum Gasteiger partial charge on any atom is 0.254 e. The predicted molar refractivity (Wildman–Crippen MR) is 59.9 cm³/mol. The van der Waals surface area contributed by atoms with Crippen molar-refractivity contribution in [1.29, 1.82) is 0 Å². The van der Waals surface area contributed by atoms with Crippen LogP contribution in [0.5, 0.6) is 0 Å². The average molecular weight is 221 g/mol. The Morgan fingerprint density at radius 2 is 1.93 bits per heavy atom. The summed E-state index contributed by atoms with van der Waals surface area (Å²) >= 11 is 5.82. The van der Waals surface area contributed by atoms with Gasteiger partial charge in [0.2, 0.25) is 5.28 Å². The third-order valence-corrected chi connectivity index (χ3v) is 2.49. The van der Waals surface area contributed by atoms with Gasteiger partial charge >= 0.3 is 0 Å². The number of rotatable bonds is 1. The van der Waals surface area contributed by atoms with Crippen molar-refractivity contribution in [3.8, 4) is 11.3 Å². The van der Waals surface area contributed by atoms with Crippen LogP contribution in [0.4, 0.5) is 0 Å². The maximum absolute atomic E-state index is 11.5. The molecule has 1 aromatic carbocycles. The molecule has 0 aliphatic carbocycles. The largest absolute Gasteiger partial charge is 0.286 e. The topological polar surface area (TPSA) is 34.9 Å². The zero-order chi connectivity index (χ0) is 10.8. The Hall–Kier alpha value is -1.61. The molecule has 0 saturated carbocycles. The third-order valence-electron chi connectivity index (χ3n) is 2.15. The highest BCUT2D eigenvalue weighted by molar-refractivity contribution is 6.28. The molecule has 0 fully saturated rings. The van der Waals surface area contributed by atoms with Gasteiger partial charge in [0.25, 0.3) is 5.56 Å². The SMILES string of the molecule is Cn1c(Cl)nc(-c2ccccc2)cc1=O. The first-order valence-corrected chi connectivity index (χ1v) is 4.85. The number of halogens is 1. The third kappa shape index (κ3) is 1.92. The number of benzene rings is 1. The maximum atomic E-state index is 11.5. The molecule has 0 spiro atoms. The molecule has 1 heterocycles. The lowest BCUT2D eigenvalue weighted by Crippen LogP contribution is -2.17. The molecule has 0 amide bonds. The predicted octanol–water partition coefficient (Wildman–Crippen LogP) is 2.10. The second-order valence-corrected chi connectivity index (χ2v) is 3.51. The Morgan fingerprint density at radius 1 is 1.27 bits per heavy atom. The Morgan fingerprint density at radius 3 is 2.53 bits per heavy atom. The standard InChI is InChI=1S/C11H9ClN2O/c1-14-10(15)7-9(13-11(14)12)8-5-3-2-4-6-8/h2-7H,1H3. The first-order chi connectivity index (χ1) is 7.18. The fourth-order valence-corrected chi connectivity index (χ4v) is 1.44. The smallest absolute Gasteiger partial charge is 0.254 e. The summed E-state index contributed by atoms with van der Waals surface area (Å²) in [5, 5.41) is 0.196. The van der Waals surface area contributed by atoms with E-state index in [1.807, 2.05) is 30.3 Å². The van der Waals surface area contributed by atoms with Gasteiger partial charge in [-0.25, -0.2) is 4.98 Å². The van der Waals surface area contributed by atoms with Crippen molar-refractivity contribution < 1.29 is 0 Å². The molecule has 0 saturated heterocycles. The van der Waals surface area contributed by atoms with Crippen molar-refractivity contribution in [2.75, 3.05) is 0 Å². The molecule has 3 nitrogen and oxygen atoms in total. The minimum absolute atomic E-state index is 0.158. The van der Waals surface area contributed by atoms with Crippen molar-refractivity contribution in [2.24, 2.45) is 7.05 Å². The molecule has 4 heteroatoms. The summed E-state index contributed by atoms with van der Waals surface area (Å²) in [6.07, 6.45) is 0. The van der Waals surface area contributed by atoms with Crippen LogP contribution in [0.3, 0.4) is 0 Å². The number of nitrogens with zero attached hydrogens (tertiary/aromatic N) is 2. The minimum Gasteiger partial charge on any atom is -0.286 e. The summed E-state index contributed by atoms with van der Waals surface area (Å²) in [6, 6.07) is 10.9. The van der Waals surface area contributed by atoms with Gasteiger partial charge in [0.05, 0.1) is 5.69 Å². The van der Waals surface area contributed by atoms with Crippen LogP contribution in [-0.2, 0) is 7.05 Å². The molecule has 0 unspecified atom stereocenters. The summed E-state index contributed by atoms with van der Waals surface area (Å²) in [7, 11) is 1.59. The normalized spacial score (nSPS) is 10.3. The van der Waals surface area contributed by atoms with Gasteiger partial charge in [0.15, 0.2) is 0 Å². The van der Waals surface area contributed by atoms with Crippen LogP contribution in [0.25, 0.3) is 11.3 Å². The second-order valence-electron chi connectivity index (χ2n) is 3.17. The van der Waals surface area contributed by atoms with Crippen LogP contribution in [0, 0.1) is 0 Å². The van der Waals surface area contributed by atoms with E-state index >= 15 is 0 Å². The fourth-order valence-electron chi connectivity index (χ4n) is 1.27. The van der Waals surface area contributed by atoms with Crippen LogP contribution in [0.1, 0.15) is 0 Å². The van der Waals surface area contributed by atoms with Crippen molar-refractivity contribution in [1.82, 2.24) is 9.55 Å². The lowest BCUT2D eigenvalue weighted by Gasteiger charge is -2.03. The highest BCUT2D eigenvalue weighted by atomic mass is 35.5. The summed E-state index contributed by atoms with van der Waals surface area (Å²) in [5.41, 5.74) is 1.33. The number of aromatic nitrogens is 2. The molecule has 15 heavy (non-hydrogen) atoms. The van der Waals surface area contributed by atoms with Gasteiger partial charge < -0.3 is 0 Å². The quantitative estimate of drug-likeness (QED) is 0.690.